The first-order valence-electron chi connectivity index (χ1n) is 8.02. The van der Waals surface area contributed by atoms with Crippen LogP contribution in [0.2, 0.25) is 0 Å². The lowest BCUT2D eigenvalue weighted by Crippen LogP contribution is -2.59. The fourth-order valence-corrected chi connectivity index (χ4v) is 4.06. The van der Waals surface area contributed by atoms with Gasteiger partial charge in [0.2, 0.25) is 0 Å². The van der Waals surface area contributed by atoms with Crippen molar-refractivity contribution in [3.05, 3.63) is 0 Å². The second kappa shape index (κ2) is 5.89. The summed E-state index contributed by atoms with van der Waals surface area (Å²) in [5.74, 6) is 0.948. The Hall–Kier alpha value is -0.120. The van der Waals surface area contributed by atoms with Crippen molar-refractivity contribution in [2.24, 2.45) is 5.92 Å². The molecule has 0 spiro atoms. The number of nitrogens with zero attached hydrogens (tertiary/aromatic N) is 2. The predicted octanol–water partition coefficient (Wildman–Crippen LogP) is 1.54. The molecule has 0 radical (unpaired) electrons. The average Bonchev–Trinajstić information content (AvgIpc) is 2.41. The summed E-state index contributed by atoms with van der Waals surface area (Å²) in [4.78, 5) is 5.55. The Morgan fingerprint density at radius 2 is 1.89 bits per heavy atom. The topological polar surface area (TPSA) is 18.5 Å². The maximum absolute atomic E-state index is 3.48. The molecule has 18 heavy (non-hydrogen) atoms. The lowest BCUT2D eigenvalue weighted by molar-refractivity contribution is 0.00551. The molecule has 104 valence electrons. The molecule has 0 saturated carbocycles. The van der Waals surface area contributed by atoms with E-state index in [0.717, 1.165) is 18.0 Å². The quantitative estimate of drug-likeness (QED) is 0.803. The summed E-state index contributed by atoms with van der Waals surface area (Å²) in [5, 5.41) is 3.48. The van der Waals surface area contributed by atoms with E-state index in [9.17, 15) is 0 Å². The summed E-state index contributed by atoms with van der Waals surface area (Å²) in [7, 11) is 0. The summed E-state index contributed by atoms with van der Waals surface area (Å²) >= 11 is 0. The molecule has 0 aromatic carbocycles. The molecule has 3 nitrogen and oxygen atoms in total. The minimum Gasteiger partial charge on any atom is -0.317 e. The molecular formula is C15H29N3. The number of fused-ring (bicyclic) bond motifs is 1. The molecule has 3 fully saturated rings. The van der Waals surface area contributed by atoms with E-state index in [1.807, 2.05) is 0 Å². The zero-order valence-electron chi connectivity index (χ0n) is 11.9. The first kappa shape index (κ1) is 12.9. The lowest BCUT2D eigenvalue weighted by Gasteiger charge is -2.48. The van der Waals surface area contributed by atoms with Gasteiger partial charge in [-0.3, -0.25) is 9.80 Å². The summed E-state index contributed by atoms with van der Waals surface area (Å²) in [6.45, 7) is 10.3. The van der Waals surface area contributed by atoms with Crippen LogP contribution in [0.1, 0.15) is 39.0 Å². The molecule has 0 aromatic rings. The van der Waals surface area contributed by atoms with Crippen LogP contribution in [-0.4, -0.2) is 61.2 Å². The number of piperazine rings is 1. The molecule has 0 bridgehead atoms. The van der Waals surface area contributed by atoms with Crippen LogP contribution in [-0.2, 0) is 0 Å². The van der Waals surface area contributed by atoms with Gasteiger partial charge in [0.15, 0.2) is 0 Å². The van der Waals surface area contributed by atoms with Crippen molar-refractivity contribution in [1.29, 1.82) is 0 Å². The van der Waals surface area contributed by atoms with E-state index in [1.54, 1.807) is 0 Å². The van der Waals surface area contributed by atoms with Crippen LogP contribution >= 0.6 is 0 Å². The van der Waals surface area contributed by atoms with Gasteiger partial charge < -0.3 is 5.32 Å². The van der Waals surface area contributed by atoms with E-state index < -0.39 is 0 Å². The molecule has 3 rings (SSSR count). The highest BCUT2D eigenvalue weighted by atomic mass is 15.3. The van der Waals surface area contributed by atoms with E-state index in [4.69, 9.17) is 0 Å². The first-order chi connectivity index (χ1) is 8.83. The van der Waals surface area contributed by atoms with E-state index in [2.05, 4.69) is 22.0 Å². The number of piperidine rings is 2. The largest absolute Gasteiger partial charge is 0.317 e. The number of rotatable bonds is 2. The standard InChI is InChI=1S/C15H29N3/c1-13-10-17-9-3-2-4-15(17)12-18(13)11-14-5-7-16-8-6-14/h13-16H,2-12H2,1H3. The van der Waals surface area contributed by atoms with E-state index in [0.29, 0.717) is 0 Å². The van der Waals surface area contributed by atoms with Crippen molar-refractivity contribution < 1.29 is 0 Å². The highest BCUT2D eigenvalue weighted by molar-refractivity contribution is 4.90. The second-order valence-corrected chi connectivity index (χ2v) is 6.64. The van der Waals surface area contributed by atoms with Crippen LogP contribution in [0.5, 0.6) is 0 Å². The van der Waals surface area contributed by atoms with Crippen molar-refractivity contribution in [3.8, 4) is 0 Å². The molecule has 3 heterocycles. The van der Waals surface area contributed by atoms with Gasteiger partial charge in [0, 0.05) is 31.7 Å². The molecular weight excluding hydrogens is 222 g/mol. The van der Waals surface area contributed by atoms with Gasteiger partial charge in [-0.2, -0.15) is 0 Å². The lowest BCUT2D eigenvalue weighted by atomic mass is 9.93. The van der Waals surface area contributed by atoms with Crippen molar-refractivity contribution in [2.75, 3.05) is 39.3 Å². The Labute approximate surface area is 112 Å². The fraction of sp³-hybridized carbons (Fsp3) is 1.00. The molecule has 3 aliphatic heterocycles. The molecule has 3 aliphatic rings. The third-order valence-corrected chi connectivity index (χ3v) is 5.27. The zero-order valence-corrected chi connectivity index (χ0v) is 11.9. The minimum atomic E-state index is 0.772. The summed E-state index contributed by atoms with van der Waals surface area (Å²) in [5.41, 5.74) is 0. The first-order valence-corrected chi connectivity index (χ1v) is 8.02. The second-order valence-electron chi connectivity index (χ2n) is 6.64. The van der Waals surface area contributed by atoms with Crippen molar-refractivity contribution in [2.45, 2.75) is 51.1 Å². The molecule has 0 aromatic heterocycles. The third kappa shape index (κ3) is 2.89. The van der Waals surface area contributed by atoms with Gasteiger partial charge >= 0.3 is 0 Å². The number of hydrogen-bond donors (Lipinski definition) is 1. The molecule has 3 heteroatoms. The summed E-state index contributed by atoms with van der Waals surface area (Å²) in [6, 6.07) is 1.64. The molecule has 0 amide bonds. The highest BCUT2D eigenvalue weighted by Gasteiger charge is 2.33. The van der Waals surface area contributed by atoms with E-state index in [1.165, 1.54) is 71.4 Å². The molecule has 0 aliphatic carbocycles. The normalized spacial score (nSPS) is 36.5. The van der Waals surface area contributed by atoms with Gasteiger partial charge in [0.05, 0.1) is 0 Å². The molecule has 1 N–H and O–H groups in total. The fourth-order valence-electron chi connectivity index (χ4n) is 4.06. The minimum absolute atomic E-state index is 0.772. The number of hydrogen-bond acceptors (Lipinski definition) is 3. The van der Waals surface area contributed by atoms with Crippen LogP contribution < -0.4 is 5.32 Å². The summed E-state index contributed by atoms with van der Waals surface area (Å²) < 4.78 is 0. The Kier molecular flexibility index (Phi) is 4.22. The van der Waals surface area contributed by atoms with Crippen LogP contribution in [0, 0.1) is 5.92 Å². The maximum atomic E-state index is 3.48. The number of nitrogens with one attached hydrogen (secondary N) is 1. The van der Waals surface area contributed by atoms with Gasteiger partial charge in [-0.15, -0.1) is 0 Å². The smallest absolute Gasteiger partial charge is 0.0223 e. The van der Waals surface area contributed by atoms with Crippen molar-refractivity contribution in [3.63, 3.8) is 0 Å². The molecule has 3 saturated heterocycles. The van der Waals surface area contributed by atoms with Crippen molar-refractivity contribution in [1.82, 2.24) is 15.1 Å². The summed E-state index contributed by atoms with van der Waals surface area (Å²) in [6.07, 6.45) is 7.10. The van der Waals surface area contributed by atoms with E-state index in [-0.39, 0.29) is 0 Å². The van der Waals surface area contributed by atoms with Gasteiger partial charge in [-0.05, 0) is 58.2 Å². The van der Waals surface area contributed by atoms with Gasteiger partial charge in [-0.25, -0.2) is 0 Å². The van der Waals surface area contributed by atoms with Crippen LogP contribution in [0.25, 0.3) is 0 Å². The molecule has 2 atom stereocenters. The van der Waals surface area contributed by atoms with Crippen LogP contribution in [0.15, 0.2) is 0 Å². The van der Waals surface area contributed by atoms with Gasteiger partial charge in [-0.1, -0.05) is 6.42 Å². The Bertz CT molecular complexity index is 260. The zero-order chi connectivity index (χ0) is 12.4. The average molecular weight is 251 g/mol. The maximum Gasteiger partial charge on any atom is 0.0223 e. The van der Waals surface area contributed by atoms with E-state index >= 15 is 0 Å². The van der Waals surface area contributed by atoms with Crippen LogP contribution in [0.3, 0.4) is 0 Å². The Morgan fingerprint density at radius 3 is 2.72 bits per heavy atom. The monoisotopic (exact) mass is 251 g/mol. The highest BCUT2D eigenvalue weighted by Crippen LogP contribution is 2.25. The third-order valence-electron chi connectivity index (χ3n) is 5.27. The van der Waals surface area contributed by atoms with Gasteiger partial charge in [0.1, 0.15) is 0 Å². The van der Waals surface area contributed by atoms with Crippen LogP contribution in [0.4, 0.5) is 0 Å². The van der Waals surface area contributed by atoms with Gasteiger partial charge in [0.25, 0.3) is 0 Å². The Balaban J connectivity index is 1.54. The Morgan fingerprint density at radius 1 is 1.06 bits per heavy atom. The van der Waals surface area contributed by atoms with Crippen molar-refractivity contribution >= 4 is 0 Å². The SMILES string of the molecule is CC1CN2CCCCC2CN1CC1CCNCC1. The molecule has 2 unspecified atom stereocenters. The predicted molar refractivity (Wildman–Crippen MR) is 75.8 cm³/mol.